The molecule has 0 aliphatic carbocycles. The molecule has 0 unspecified atom stereocenters. The fourth-order valence-electron chi connectivity index (χ4n) is 2.87. The number of hydrogen-bond donors (Lipinski definition) is 0. The average Bonchev–Trinajstić information content (AvgIpc) is 3.07. The lowest BCUT2D eigenvalue weighted by atomic mass is 10.1. The molecule has 2 aromatic heterocycles. The second-order valence-electron chi connectivity index (χ2n) is 6.03. The Morgan fingerprint density at radius 2 is 1.67 bits per heavy atom. The lowest BCUT2D eigenvalue weighted by molar-refractivity contribution is 0.584. The maximum absolute atomic E-state index is 13.2. The lowest BCUT2D eigenvalue weighted by Gasteiger charge is -2.09. The number of rotatable bonds is 3. The van der Waals surface area contributed by atoms with Crippen LogP contribution in [0, 0.1) is 0 Å². The highest BCUT2D eigenvalue weighted by molar-refractivity contribution is 7.90. The normalized spacial score (nSPS) is 11.8. The zero-order valence-electron chi connectivity index (χ0n) is 14.1. The van der Waals surface area contributed by atoms with Crippen molar-refractivity contribution in [3.8, 4) is 21.8 Å². The van der Waals surface area contributed by atoms with Gasteiger partial charge in [-0.2, -0.15) is 0 Å². The van der Waals surface area contributed by atoms with E-state index < -0.39 is 9.84 Å². The molecule has 136 valence electrons. The van der Waals surface area contributed by atoms with E-state index in [-0.39, 0.29) is 15.5 Å². The van der Waals surface area contributed by atoms with Crippen LogP contribution in [-0.4, -0.2) is 14.7 Å². The Morgan fingerprint density at radius 1 is 0.963 bits per heavy atom. The third kappa shape index (κ3) is 3.32. The van der Waals surface area contributed by atoms with Gasteiger partial charge in [-0.1, -0.05) is 24.3 Å². The number of halogens is 1. The Kier molecular flexibility index (Phi) is 4.42. The molecule has 2 aromatic carbocycles. The molecule has 4 nitrogen and oxygen atoms in total. The van der Waals surface area contributed by atoms with Crippen LogP contribution >= 0.6 is 22.9 Å². The number of fused-ring (bicyclic) bond motifs is 1. The van der Waals surface area contributed by atoms with Crippen molar-refractivity contribution >= 4 is 42.9 Å². The minimum absolute atomic E-state index is 0.155. The van der Waals surface area contributed by atoms with E-state index in [0.717, 1.165) is 16.5 Å². The summed E-state index contributed by atoms with van der Waals surface area (Å²) >= 11 is 7.36. The van der Waals surface area contributed by atoms with Crippen molar-refractivity contribution in [1.29, 1.82) is 0 Å². The molecule has 4 rings (SSSR count). The third-order valence-electron chi connectivity index (χ3n) is 4.16. The van der Waals surface area contributed by atoms with Crippen molar-refractivity contribution in [2.45, 2.75) is 4.90 Å². The number of benzene rings is 2. The van der Waals surface area contributed by atoms with Crippen LogP contribution in [-0.2, 0) is 9.84 Å². The molecular weight excluding hydrogens is 404 g/mol. The molecule has 0 saturated carbocycles. The summed E-state index contributed by atoms with van der Waals surface area (Å²) in [5, 5.41) is 0.794. The molecule has 4 aromatic rings. The maximum atomic E-state index is 13.2. The molecule has 0 radical (unpaired) electrons. The van der Waals surface area contributed by atoms with E-state index in [0.29, 0.717) is 21.6 Å². The van der Waals surface area contributed by atoms with Crippen LogP contribution in [0.2, 0.25) is 5.22 Å². The van der Waals surface area contributed by atoms with Crippen LogP contribution in [0.4, 0.5) is 0 Å². The van der Waals surface area contributed by atoms with Gasteiger partial charge in [0.05, 0.1) is 10.5 Å². The van der Waals surface area contributed by atoms with Gasteiger partial charge in [-0.15, -0.1) is 11.3 Å². The van der Waals surface area contributed by atoms with Gasteiger partial charge in [0.25, 0.3) is 0 Å². The van der Waals surface area contributed by atoms with Crippen LogP contribution in [0.5, 0.6) is 0 Å². The highest BCUT2D eigenvalue weighted by Gasteiger charge is 2.19. The van der Waals surface area contributed by atoms with Crippen molar-refractivity contribution in [3.05, 3.63) is 76.1 Å². The van der Waals surface area contributed by atoms with Gasteiger partial charge in [0.2, 0.25) is 0 Å². The number of furan rings is 1. The molecule has 7 heteroatoms. The summed E-state index contributed by atoms with van der Waals surface area (Å²) in [5.41, 5.74) is 0.994. The summed E-state index contributed by atoms with van der Waals surface area (Å²) in [6.07, 6.45) is 1.16. The molecule has 2 heterocycles. The molecule has 0 bridgehead atoms. The van der Waals surface area contributed by atoms with Gasteiger partial charge < -0.3 is 4.42 Å². The summed E-state index contributed by atoms with van der Waals surface area (Å²) in [5.74, 6) is 0.384. The highest BCUT2D eigenvalue weighted by atomic mass is 35.5. The summed E-state index contributed by atoms with van der Waals surface area (Å²) < 4.78 is 29.8. The van der Waals surface area contributed by atoms with Crippen molar-refractivity contribution in [3.63, 3.8) is 0 Å². The average molecular weight is 417 g/mol. The molecule has 0 saturated heterocycles. The van der Waals surface area contributed by atoms with Gasteiger partial charge in [-0.25, -0.2) is 8.42 Å². The molecule has 0 aliphatic heterocycles. The first-order chi connectivity index (χ1) is 12.8. The first kappa shape index (κ1) is 18.0. The summed E-state index contributed by atoms with van der Waals surface area (Å²) in [6, 6.07) is 17.1. The number of sulfone groups is 1. The Balaban J connectivity index is 2.03. The molecule has 0 fully saturated rings. The molecule has 0 amide bonds. The van der Waals surface area contributed by atoms with Crippen molar-refractivity contribution in [1.82, 2.24) is 0 Å². The minimum atomic E-state index is -3.30. The zero-order chi connectivity index (χ0) is 19.2. The van der Waals surface area contributed by atoms with Gasteiger partial charge in [0.15, 0.2) is 20.5 Å². The van der Waals surface area contributed by atoms with Crippen molar-refractivity contribution in [2.75, 3.05) is 6.26 Å². The summed E-state index contributed by atoms with van der Waals surface area (Å²) in [7, 11) is -3.30. The van der Waals surface area contributed by atoms with Gasteiger partial charge in [0.1, 0.15) is 5.76 Å². The highest BCUT2D eigenvalue weighted by Crippen LogP contribution is 2.38. The molecule has 0 aliphatic rings. The number of hydrogen-bond acceptors (Lipinski definition) is 5. The Hall–Kier alpha value is -2.41. The Morgan fingerprint density at radius 3 is 2.30 bits per heavy atom. The van der Waals surface area contributed by atoms with E-state index in [1.807, 2.05) is 18.2 Å². The minimum Gasteiger partial charge on any atom is -0.445 e. The van der Waals surface area contributed by atoms with E-state index in [1.54, 1.807) is 30.3 Å². The van der Waals surface area contributed by atoms with E-state index in [1.165, 1.54) is 23.5 Å². The van der Waals surface area contributed by atoms with E-state index in [4.69, 9.17) is 16.0 Å². The van der Waals surface area contributed by atoms with Crippen LogP contribution in [0.1, 0.15) is 0 Å². The molecule has 0 atom stereocenters. The summed E-state index contributed by atoms with van der Waals surface area (Å²) in [4.78, 5) is 14.1. The first-order valence-electron chi connectivity index (χ1n) is 7.96. The van der Waals surface area contributed by atoms with E-state index >= 15 is 0 Å². The molecule has 0 spiro atoms. The smallest absolute Gasteiger partial charge is 0.199 e. The topological polar surface area (TPSA) is 64.3 Å². The molecule has 0 N–H and O–H groups in total. The van der Waals surface area contributed by atoms with Gasteiger partial charge in [-0.3, -0.25) is 4.79 Å². The second kappa shape index (κ2) is 6.64. The Labute approximate surface area is 164 Å². The fraction of sp³-hybridized carbons (Fsp3) is 0.0500. The molecule has 27 heavy (non-hydrogen) atoms. The van der Waals surface area contributed by atoms with Crippen LogP contribution < -0.4 is 5.43 Å². The summed E-state index contributed by atoms with van der Waals surface area (Å²) in [6.45, 7) is 0. The van der Waals surface area contributed by atoms with Crippen LogP contribution in [0.25, 0.3) is 31.9 Å². The molecular formula is C20H13ClO4S2. The Bertz CT molecular complexity index is 1320. The van der Waals surface area contributed by atoms with Gasteiger partial charge in [-0.05, 0) is 53.6 Å². The first-order valence-corrected chi connectivity index (χ1v) is 11.1. The fourth-order valence-corrected chi connectivity index (χ4v) is 4.83. The largest absolute Gasteiger partial charge is 0.445 e. The van der Waals surface area contributed by atoms with Crippen LogP contribution in [0.15, 0.2) is 74.8 Å². The quantitative estimate of drug-likeness (QED) is 0.457. The zero-order valence-corrected chi connectivity index (χ0v) is 16.5. The van der Waals surface area contributed by atoms with Crippen molar-refractivity contribution < 1.29 is 12.8 Å². The van der Waals surface area contributed by atoms with Crippen molar-refractivity contribution in [2.24, 2.45) is 0 Å². The van der Waals surface area contributed by atoms with E-state index in [9.17, 15) is 13.2 Å². The standard InChI is InChI=1S/C20H13ClO4S2/c1-27(23,24)13-8-6-12(7-9-13)20-18(15-10-11-17(21)25-15)19(22)14-4-2-3-5-16(14)26-20/h2-11H,1H3. The van der Waals surface area contributed by atoms with Gasteiger partial charge >= 0.3 is 0 Å². The lowest BCUT2D eigenvalue weighted by Crippen LogP contribution is -2.05. The predicted octanol–water partition coefficient (Wildman–Crippen LogP) is 5.25. The second-order valence-corrected chi connectivity index (χ2v) is 9.47. The van der Waals surface area contributed by atoms with Gasteiger partial charge in [0, 0.05) is 21.2 Å². The van der Waals surface area contributed by atoms with E-state index in [2.05, 4.69) is 0 Å². The maximum Gasteiger partial charge on any atom is 0.199 e. The SMILES string of the molecule is CS(=O)(=O)c1ccc(-c2sc3ccccc3c(=O)c2-c2ccc(Cl)o2)cc1. The predicted molar refractivity (Wildman–Crippen MR) is 109 cm³/mol. The third-order valence-corrected chi connectivity index (χ3v) is 6.71. The van der Waals surface area contributed by atoms with Crippen LogP contribution in [0.3, 0.4) is 0 Å². The monoisotopic (exact) mass is 416 g/mol.